The third kappa shape index (κ3) is 2.18. The van der Waals surface area contributed by atoms with Crippen LogP contribution in [0.5, 0.6) is 0 Å². The minimum Gasteiger partial charge on any atom is -0.239 e. The van der Waals surface area contributed by atoms with Crippen LogP contribution < -0.4 is 0 Å². The van der Waals surface area contributed by atoms with Crippen LogP contribution >= 0.6 is 0 Å². The zero-order valence-corrected chi connectivity index (χ0v) is 8.39. The van der Waals surface area contributed by atoms with Gasteiger partial charge in [-0.25, -0.2) is 4.39 Å². The molecular weight excluding hydrogens is 163 g/mol. The molecule has 0 radical (unpaired) electrons. The first-order chi connectivity index (χ1) is 5.95. The summed E-state index contributed by atoms with van der Waals surface area (Å²) in [7, 11) is 0. The fourth-order valence-electron chi connectivity index (χ4n) is 1.36. The molecule has 1 aromatic rings. The lowest BCUT2D eigenvalue weighted by atomic mass is 9.93. The zero-order valence-electron chi connectivity index (χ0n) is 8.39. The molecule has 0 amide bonds. The Balaban J connectivity index is 3.32. The second-order valence-corrected chi connectivity index (χ2v) is 3.77. The molecule has 0 N–H and O–H groups in total. The van der Waals surface area contributed by atoms with Gasteiger partial charge in [-0.05, 0) is 31.9 Å². The van der Waals surface area contributed by atoms with Crippen molar-refractivity contribution in [1.82, 2.24) is 0 Å². The Hall–Kier alpha value is -1.11. The van der Waals surface area contributed by atoms with Crippen molar-refractivity contribution >= 4 is 6.08 Å². The average Bonchev–Trinajstić information content (AvgIpc) is 2.03. The molecule has 1 heteroatoms. The van der Waals surface area contributed by atoms with Crippen molar-refractivity contribution in [2.24, 2.45) is 0 Å². The SMILES string of the molecule is C=Cc1ccc(C)cc1C(C)(C)F. The molecule has 1 rings (SSSR count). The van der Waals surface area contributed by atoms with E-state index in [1.54, 1.807) is 19.9 Å². The number of hydrogen-bond donors (Lipinski definition) is 0. The van der Waals surface area contributed by atoms with Crippen molar-refractivity contribution < 1.29 is 4.39 Å². The molecule has 0 saturated carbocycles. The van der Waals surface area contributed by atoms with Gasteiger partial charge in [-0.15, -0.1) is 0 Å². The Kier molecular flexibility index (Phi) is 2.55. The van der Waals surface area contributed by atoms with Crippen molar-refractivity contribution in [2.45, 2.75) is 26.4 Å². The maximum absolute atomic E-state index is 13.7. The number of halogens is 1. The fraction of sp³-hybridized carbons (Fsp3) is 0.333. The van der Waals surface area contributed by atoms with Gasteiger partial charge in [-0.2, -0.15) is 0 Å². The monoisotopic (exact) mass is 178 g/mol. The van der Waals surface area contributed by atoms with Crippen molar-refractivity contribution in [1.29, 1.82) is 0 Å². The Morgan fingerprint density at radius 2 is 2.00 bits per heavy atom. The third-order valence-electron chi connectivity index (χ3n) is 2.07. The van der Waals surface area contributed by atoms with Crippen molar-refractivity contribution in [3.8, 4) is 0 Å². The summed E-state index contributed by atoms with van der Waals surface area (Å²) in [5.41, 5.74) is 1.36. The van der Waals surface area contributed by atoms with E-state index in [0.717, 1.165) is 11.1 Å². The average molecular weight is 178 g/mol. The molecule has 0 aliphatic heterocycles. The molecule has 0 fully saturated rings. The molecule has 0 aromatic heterocycles. The van der Waals surface area contributed by atoms with E-state index >= 15 is 0 Å². The van der Waals surface area contributed by atoms with Gasteiger partial charge in [0.15, 0.2) is 0 Å². The van der Waals surface area contributed by atoms with E-state index in [-0.39, 0.29) is 0 Å². The van der Waals surface area contributed by atoms with E-state index in [1.165, 1.54) is 0 Å². The summed E-state index contributed by atoms with van der Waals surface area (Å²) >= 11 is 0. The molecule has 0 aliphatic carbocycles. The smallest absolute Gasteiger partial charge is 0.131 e. The highest BCUT2D eigenvalue weighted by molar-refractivity contribution is 5.54. The van der Waals surface area contributed by atoms with Crippen LogP contribution in [0.4, 0.5) is 4.39 Å². The number of hydrogen-bond acceptors (Lipinski definition) is 0. The Bertz CT molecular complexity index is 318. The summed E-state index contributed by atoms with van der Waals surface area (Å²) in [6.45, 7) is 8.76. The van der Waals surface area contributed by atoms with E-state index in [9.17, 15) is 4.39 Å². The third-order valence-corrected chi connectivity index (χ3v) is 2.07. The topological polar surface area (TPSA) is 0 Å². The molecule has 0 aliphatic rings. The summed E-state index contributed by atoms with van der Waals surface area (Å²) < 4.78 is 13.7. The highest BCUT2D eigenvalue weighted by atomic mass is 19.1. The van der Waals surface area contributed by atoms with Gasteiger partial charge >= 0.3 is 0 Å². The molecule has 13 heavy (non-hydrogen) atoms. The molecule has 70 valence electrons. The largest absolute Gasteiger partial charge is 0.239 e. The first-order valence-corrected chi connectivity index (χ1v) is 4.37. The van der Waals surface area contributed by atoms with E-state index in [4.69, 9.17) is 0 Å². The van der Waals surface area contributed by atoms with Gasteiger partial charge in [-0.3, -0.25) is 0 Å². The first-order valence-electron chi connectivity index (χ1n) is 4.37. The van der Waals surface area contributed by atoms with Gasteiger partial charge in [-0.1, -0.05) is 36.4 Å². The van der Waals surface area contributed by atoms with Crippen LogP contribution in [0.1, 0.15) is 30.5 Å². The highest BCUT2D eigenvalue weighted by Crippen LogP contribution is 2.29. The summed E-state index contributed by atoms with van der Waals surface area (Å²) in [5, 5.41) is 0. The lowest BCUT2D eigenvalue weighted by Gasteiger charge is -2.18. The second kappa shape index (κ2) is 3.33. The predicted octanol–water partition coefficient (Wildman–Crippen LogP) is 3.84. The zero-order chi connectivity index (χ0) is 10.1. The van der Waals surface area contributed by atoms with Crippen molar-refractivity contribution in [3.63, 3.8) is 0 Å². The normalized spacial score (nSPS) is 11.4. The van der Waals surface area contributed by atoms with Gasteiger partial charge < -0.3 is 0 Å². The Labute approximate surface area is 79.1 Å². The number of rotatable bonds is 2. The number of benzene rings is 1. The molecule has 0 saturated heterocycles. The van der Waals surface area contributed by atoms with E-state index in [1.807, 2.05) is 25.1 Å². The molecular formula is C12H15F. The van der Waals surface area contributed by atoms with Crippen LogP contribution in [0.2, 0.25) is 0 Å². The van der Waals surface area contributed by atoms with E-state index < -0.39 is 5.67 Å². The van der Waals surface area contributed by atoms with Crippen molar-refractivity contribution in [3.05, 3.63) is 41.5 Å². The van der Waals surface area contributed by atoms with Crippen LogP contribution in [0, 0.1) is 6.92 Å². The van der Waals surface area contributed by atoms with Gasteiger partial charge in [0.05, 0.1) is 0 Å². The lowest BCUT2D eigenvalue weighted by Crippen LogP contribution is -2.11. The Morgan fingerprint density at radius 3 is 2.46 bits per heavy atom. The van der Waals surface area contributed by atoms with E-state index in [0.29, 0.717) is 5.56 Å². The summed E-state index contributed by atoms with van der Waals surface area (Å²) in [5.74, 6) is 0. The van der Waals surface area contributed by atoms with Crippen LogP contribution in [0.15, 0.2) is 24.8 Å². The summed E-state index contributed by atoms with van der Waals surface area (Å²) in [6, 6.07) is 5.74. The molecule has 0 unspecified atom stereocenters. The highest BCUT2D eigenvalue weighted by Gasteiger charge is 2.21. The van der Waals surface area contributed by atoms with Crippen LogP contribution in [0.3, 0.4) is 0 Å². The quantitative estimate of drug-likeness (QED) is 0.645. The number of alkyl halides is 1. The number of aryl methyl sites for hydroxylation is 1. The van der Waals surface area contributed by atoms with Gasteiger partial charge in [0.2, 0.25) is 0 Å². The first kappa shape index (κ1) is 9.97. The summed E-state index contributed by atoms with van der Waals surface area (Å²) in [6.07, 6.45) is 1.69. The Morgan fingerprint density at radius 1 is 1.38 bits per heavy atom. The maximum atomic E-state index is 13.7. The van der Waals surface area contributed by atoms with Gasteiger partial charge in [0.25, 0.3) is 0 Å². The van der Waals surface area contributed by atoms with Crippen molar-refractivity contribution in [2.75, 3.05) is 0 Å². The summed E-state index contributed by atoms with van der Waals surface area (Å²) in [4.78, 5) is 0. The van der Waals surface area contributed by atoms with Gasteiger partial charge in [0, 0.05) is 0 Å². The minimum absolute atomic E-state index is 0.711. The predicted molar refractivity (Wildman–Crippen MR) is 55.4 cm³/mol. The van der Waals surface area contributed by atoms with Gasteiger partial charge in [0.1, 0.15) is 5.67 Å². The standard InChI is InChI=1S/C12H15F/c1-5-10-7-6-9(2)8-11(10)12(3,4)13/h5-8H,1H2,2-4H3. The van der Waals surface area contributed by atoms with Crippen LogP contribution in [-0.2, 0) is 5.67 Å². The molecule has 0 atom stereocenters. The molecule has 1 aromatic carbocycles. The van der Waals surface area contributed by atoms with E-state index in [2.05, 4.69) is 6.58 Å². The lowest BCUT2D eigenvalue weighted by molar-refractivity contribution is 0.221. The maximum Gasteiger partial charge on any atom is 0.131 e. The second-order valence-electron chi connectivity index (χ2n) is 3.77. The van der Waals surface area contributed by atoms with Crippen LogP contribution in [0.25, 0.3) is 6.08 Å². The molecule has 0 spiro atoms. The molecule has 0 bridgehead atoms. The molecule has 0 nitrogen and oxygen atoms in total. The van der Waals surface area contributed by atoms with Crippen LogP contribution in [-0.4, -0.2) is 0 Å². The fourth-order valence-corrected chi connectivity index (χ4v) is 1.36. The molecule has 0 heterocycles. The minimum atomic E-state index is -1.30.